The molecule has 7 nitrogen and oxygen atoms in total. The van der Waals surface area contributed by atoms with Crippen LogP contribution in [0.3, 0.4) is 0 Å². The highest BCUT2D eigenvalue weighted by atomic mass is 16.5. The maximum absolute atomic E-state index is 12.6. The van der Waals surface area contributed by atoms with Crippen molar-refractivity contribution in [1.29, 1.82) is 0 Å². The Labute approximate surface area is 206 Å². The number of rotatable bonds is 10. The molecule has 1 saturated carbocycles. The Bertz CT molecular complexity index is 1020. The molecule has 3 atom stereocenters. The van der Waals surface area contributed by atoms with Gasteiger partial charge in [-0.05, 0) is 53.9 Å². The van der Waals surface area contributed by atoms with Crippen molar-refractivity contribution in [3.05, 3.63) is 59.7 Å². The summed E-state index contributed by atoms with van der Waals surface area (Å²) in [6, 6.07) is 16.1. The van der Waals surface area contributed by atoms with Crippen LogP contribution in [0.1, 0.15) is 68.9 Å². The largest absolute Gasteiger partial charge is 0.481 e. The lowest BCUT2D eigenvalue weighted by atomic mass is 9.98. The van der Waals surface area contributed by atoms with Crippen LogP contribution in [-0.4, -0.2) is 41.8 Å². The molecule has 0 heterocycles. The smallest absolute Gasteiger partial charge is 0.407 e. The molecule has 2 amide bonds. The molecule has 1 unspecified atom stereocenters. The second kappa shape index (κ2) is 11.4. The molecule has 0 saturated heterocycles. The first kappa shape index (κ1) is 24.8. The molecule has 3 N–H and O–H groups in total. The molecule has 2 aliphatic rings. The molecule has 0 radical (unpaired) electrons. The van der Waals surface area contributed by atoms with E-state index < -0.39 is 12.1 Å². The third-order valence-corrected chi connectivity index (χ3v) is 7.10. The summed E-state index contributed by atoms with van der Waals surface area (Å²) in [5, 5.41) is 14.9. The highest BCUT2D eigenvalue weighted by molar-refractivity contribution is 5.79. The van der Waals surface area contributed by atoms with Gasteiger partial charge in [0.1, 0.15) is 6.61 Å². The molecule has 186 valence electrons. The van der Waals surface area contributed by atoms with Gasteiger partial charge in [0.05, 0.1) is 6.42 Å². The van der Waals surface area contributed by atoms with E-state index in [2.05, 4.69) is 34.9 Å². The predicted octanol–water partition coefficient (Wildman–Crippen LogP) is 4.84. The topological polar surface area (TPSA) is 105 Å². The minimum Gasteiger partial charge on any atom is -0.481 e. The van der Waals surface area contributed by atoms with Gasteiger partial charge in [-0.25, -0.2) is 4.79 Å². The number of nitrogens with one attached hydrogen (secondary N) is 2. The van der Waals surface area contributed by atoms with Crippen LogP contribution >= 0.6 is 0 Å². The molecular weight excluding hydrogens is 444 g/mol. The zero-order valence-electron chi connectivity index (χ0n) is 20.2. The van der Waals surface area contributed by atoms with Crippen LogP contribution in [0.2, 0.25) is 0 Å². The Hall–Kier alpha value is -3.35. The van der Waals surface area contributed by atoms with Crippen molar-refractivity contribution in [3.8, 4) is 11.1 Å². The Balaban J connectivity index is 1.24. The third-order valence-electron chi connectivity index (χ3n) is 7.10. The second-order valence-electron chi connectivity index (χ2n) is 9.70. The van der Waals surface area contributed by atoms with E-state index in [1.165, 1.54) is 22.3 Å². The van der Waals surface area contributed by atoms with E-state index in [-0.39, 0.29) is 42.9 Å². The minimum absolute atomic E-state index is 0.0195. The number of alkyl carbamates (subject to hydrolysis) is 1. The number of aliphatic carboxylic acids is 1. The van der Waals surface area contributed by atoms with Gasteiger partial charge >= 0.3 is 12.1 Å². The molecule has 1 fully saturated rings. The fourth-order valence-electron chi connectivity index (χ4n) is 5.53. The van der Waals surface area contributed by atoms with Crippen molar-refractivity contribution in [2.45, 2.75) is 69.9 Å². The molecule has 0 aromatic heterocycles. The molecule has 4 rings (SSSR count). The fourth-order valence-corrected chi connectivity index (χ4v) is 5.53. The number of carboxylic acids is 1. The van der Waals surface area contributed by atoms with E-state index in [9.17, 15) is 14.4 Å². The minimum atomic E-state index is -0.906. The average Bonchev–Trinajstić information content (AvgIpc) is 3.39. The Morgan fingerprint density at radius 3 is 2.31 bits per heavy atom. The van der Waals surface area contributed by atoms with E-state index >= 15 is 0 Å². The fraction of sp³-hybridized carbons (Fsp3) is 0.464. The van der Waals surface area contributed by atoms with Gasteiger partial charge in [-0.3, -0.25) is 9.59 Å². The number of carbonyl (C=O) groups is 3. The standard InChI is InChI=1S/C28H34N2O5/c1-2-7-19(16-27(32)33)29-26(31)15-18-12-13-20(14-18)30-28(34)35-17-25-23-10-5-3-8-21(23)22-9-4-6-11-24(22)25/h3-6,8-11,18-20,25H,2,7,12-17H2,1H3,(H,29,31)(H,30,34)(H,32,33)/t18-,19?,20+/m1/s1. The van der Waals surface area contributed by atoms with Crippen molar-refractivity contribution in [2.75, 3.05) is 6.61 Å². The summed E-state index contributed by atoms with van der Waals surface area (Å²) in [7, 11) is 0. The molecule has 0 spiro atoms. The van der Waals surface area contributed by atoms with Crippen LogP contribution in [0, 0.1) is 5.92 Å². The number of amides is 2. The van der Waals surface area contributed by atoms with Crippen molar-refractivity contribution in [3.63, 3.8) is 0 Å². The molecule has 0 aliphatic heterocycles. The maximum Gasteiger partial charge on any atom is 0.407 e. The second-order valence-corrected chi connectivity index (χ2v) is 9.70. The van der Waals surface area contributed by atoms with Crippen LogP contribution in [-0.2, 0) is 14.3 Å². The lowest BCUT2D eigenvalue weighted by molar-refractivity contribution is -0.137. The summed E-state index contributed by atoms with van der Waals surface area (Å²) in [5.74, 6) is -0.829. The normalized spacial score (nSPS) is 19.5. The predicted molar refractivity (Wildman–Crippen MR) is 133 cm³/mol. The Kier molecular flexibility index (Phi) is 8.06. The third kappa shape index (κ3) is 6.21. The number of fused-ring (bicyclic) bond motifs is 3. The number of carboxylic acid groups (broad SMARTS) is 1. The van der Waals surface area contributed by atoms with Gasteiger partial charge in [-0.2, -0.15) is 0 Å². The lowest BCUT2D eigenvalue weighted by Crippen LogP contribution is -2.37. The summed E-state index contributed by atoms with van der Waals surface area (Å²) in [6.45, 7) is 2.25. The Morgan fingerprint density at radius 1 is 1.03 bits per heavy atom. The van der Waals surface area contributed by atoms with Crippen LogP contribution in [0.15, 0.2) is 48.5 Å². The van der Waals surface area contributed by atoms with Crippen LogP contribution in [0.4, 0.5) is 4.79 Å². The first-order chi connectivity index (χ1) is 16.9. The highest BCUT2D eigenvalue weighted by Crippen LogP contribution is 2.44. The van der Waals surface area contributed by atoms with Gasteiger partial charge < -0.3 is 20.5 Å². The number of carbonyl (C=O) groups excluding carboxylic acids is 2. The van der Waals surface area contributed by atoms with Gasteiger partial charge in [0.15, 0.2) is 0 Å². The molecule has 2 aromatic rings. The van der Waals surface area contributed by atoms with Crippen LogP contribution in [0.25, 0.3) is 11.1 Å². The summed E-state index contributed by atoms with van der Waals surface area (Å²) in [5.41, 5.74) is 4.74. The SMILES string of the molecule is CCCC(CC(=O)O)NC(=O)C[C@@H]1CC[C@H](NC(=O)OCC2c3ccccc3-c3ccccc32)C1. The van der Waals surface area contributed by atoms with Crippen molar-refractivity contribution in [2.24, 2.45) is 5.92 Å². The highest BCUT2D eigenvalue weighted by Gasteiger charge is 2.31. The summed E-state index contributed by atoms with van der Waals surface area (Å²) in [4.78, 5) is 36.0. The first-order valence-electron chi connectivity index (χ1n) is 12.6. The van der Waals surface area contributed by atoms with E-state index in [1.807, 2.05) is 31.2 Å². The number of hydrogen-bond donors (Lipinski definition) is 3. The maximum atomic E-state index is 12.6. The van der Waals surface area contributed by atoms with Gasteiger partial charge in [0, 0.05) is 24.4 Å². The van der Waals surface area contributed by atoms with E-state index in [1.54, 1.807) is 0 Å². The number of hydrogen-bond acceptors (Lipinski definition) is 4. The lowest BCUT2D eigenvalue weighted by Gasteiger charge is -2.18. The van der Waals surface area contributed by atoms with Crippen molar-refractivity contribution < 1.29 is 24.2 Å². The quantitative estimate of drug-likeness (QED) is 0.453. The molecule has 2 aliphatic carbocycles. The van der Waals surface area contributed by atoms with Gasteiger partial charge in [0.25, 0.3) is 0 Å². The van der Waals surface area contributed by atoms with E-state index in [4.69, 9.17) is 9.84 Å². The molecule has 7 heteroatoms. The summed E-state index contributed by atoms with van der Waals surface area (Å²) < 4.78 is 5.65. The summed E-state index contributed by atoms with van der Waals surface area (Å²) in [6.07, 6.45) is 3.69. The first-order valence-corrected chi connectivity index (χ1v) is 12.6. The Morgan fingerprint density at radius 2 is 1.69 bits per heavy atom. The summed E-state index contributed by atoms with van der Waals surface area (Å²) >= 11 is 0. The molecule has 35 heavy (non-hydrogen) atoms. The van der Waals surface area contributed by atoms with Gasteiger partial charge in [-0.15, -0.1) is 0 Å². The molecule has 0 bridgehead atoms. The van der Waals surface area contributed by atoms with Crippen molar-refractivity contribution in [1.82, 2.24) is 10.6 Å². The van der Waals surface area contributed by atoms with Crippen LogP contribution in [0.5, 0.6) is 0 Å². The zero-order chi connectivity index (χ0) is 24.8. The van der Waals surface area contributed by atoms with E-state index in [0.29, 0.717) is 12.8 Å². The number of benzene rings is 2. The van der Waals surface area contributed by atoms with Crippen LogP contribution < -0.4 is 10.6 Å². The molecular formula is C28H34N2O5. The monoisotopic (exact) mass is 478 g/mol. The van der Waals surface area contributed by atoms with Gasteiger partial charge in [-0.1, -0.05) is 61.9 Å². The number of ether oxygens (including phenoxy) is 1. The van der Waals surface area contributed by atoms with E-state index in [0.717, 1.165) is 25.7 Å². The zero-order valence-corrected chi connectivity index (χ0v) is 20.2. The molecule has 2 aromatic carbocycles. The average molecular weight is 479 g/mol. The van der Waals surface area contributed by atoms with Crippen molar-refractivity contribution >= 4 is 18.0 Å². The van der Waals surface area contributed by atoms with Gasteiger partial charge in [0.2, 0.25) is 5.91 Å².